The Morgan fingerprint density at radius 2 is 1.75 bits per heavy atom. The molecular formula is C21H17N5O2. The van der Waals surface area contributed by atoms with Crippen molar-refractivity contribution in [3.8, 4) is 11.5 Å². The van der Waals surface area contributed by atoms with Crippen molar-refractivity contribution in [2.24, 2.45) is 0 Å². The topological polar surface area (TPSA) is 89.0 Å². The first kappa shape index (κ1) is 17.4. The molecule has 2 heterocycles. The zero-order valence-corrected chi connectivity index (χ0v) is 15.1. The van der Waals surface area contributed by atoms with Crippen molar-refractivity contribution in [2.45, 2.75) is 0 Å². The average molecular weight is 371 g/mol. The van der Waals surface area contributed by atoms with Gasteiger partial charge in [-0.05, 0) is 42.5 Å². The number of carbonyl (C=O) groups excluding carboxylic acids is 1. The fraction of sp³-hybridized carbons (Fsp3) is 0.0476. The number of nitrogens with one attached hydrogen (secondary N) is 2. The first-order chi connectivity index (χ1) is 13.7. The van der Waals surface area contributed by atoms with Crippen molar-refractivity contribution in [1.82, 2.24) is 15.0 Å². The van der Waals surface area contributed by atoms with Gasteiger partial charge in [-0.3, -0.25) is 9.78 Å². The largest absolute Gasteiger partial charge is 0.457 e. The van der Waals surface area contributed by atoms with E-state index in [4.69, 9.17) is 4.74 Å². The molecule has 2 aromatic carbocycles. The van der Waals surface area contributed by atoms with Gasteiger partial charge in [0.05, 0.1) is 17.9 Å². The van der Waals surface area contributed by atoms with Crippen LogP contribution in [0.25, 0.3) is 10.9 Å². The van der Waals surface area contributed by atoms with Crippen molar-refractivity contribution >= 4 is 28.3 Å². The smallest absolute Gasteiger partial charge is 0.275 e. The second kappa shape index (κ2) is 7.71. The first-order valence-corrected chi connectivity index (χ1v) is 8.66. The highest BCUT2D eigenvalue weighted by atomic mass is 16.5. The number of benzene rings is 2. The molecule has 0 aliphatic heterocycles. The Balaban J connectivity index is 1.47. The standard InChI is InChI=1S/C21H17N5O2/c1-22-20-13-24-18(12-25-20)21(27)26-14-6-8-15(9-7-14)28-19-10-11-23-17-5-3-2-4-16(17)19/h2-13H,1H3,(H,22,25)(H,26,27). The van der Waals surface area contributed by atoms with E-state index in [2.05, 4.69) is 25.6 Å². The van der Waals surface area contributed by atoms with Gasteiger partial charge in [0.2, 0.25) is 0 Å². The van der Waals surface area contributed by atoms with E-state index in [9.17, 15) is 4.79 Å². The summed E-state index contributed by atoms with van der Waals surface area (Å²) in [6.45, 7) is 0. The monoisotopic (exact) mass is 371 g/mol. The van der Waals surface area contributed by atoms with Crippen molar-refractivity contribution < 1.29 is 9.53 Å². The molecule has 1 amide bonds. The van der Waals surface area contributed by atoms with Gasteiger partial charge in [0.15, 0.2) is 0 Å². The van der Waals surface area contributed by atoms with Gasteiger partial charge in [-0.25, -0.2) is 9.97 Å². The van der Waals surface area contributed by atoms with Gasteiger partial charge >= 0.3 is 0 Å². The maximum absolute atomic E-state index is 12.3. The van der Waals surface area contributed by atoms with E-state index in [1.54, 1.807) is 37.5 Å². The van der Waals surface area contributed by atoms with Crippen LogP contribution in [0.4, 0.5) is 11.5 Å². The number of hydrogen-bond acceptors (Lipinski definition) is 6. The number of rotatable bonds is 5. The second-order valence-corrected chi connectivity index (χ2v) is 5.94. The Morgan fingerprint density at radius 3 is 2.50 bits per heavy atom. The lowest BCUT2D eigenvalue weighted by Gasteiger charge is -2.10. The van der Waals surface area contributed by atoms with Crippen LogP contribution < -0.4 is 15.4 Å². The van der Waals surface area contributed by atoms with Crippen molar-refractivity contribution in [2.75, 3.05) is 17.7 Å². The molecule has 2 aromatic heterocycles. The molecule has 0 fully saturated rings. The number of fused-ring (bicyclic) bond motifs is 1. The summed E-state index contributed by atoms with van der Waals surface area (Å²) in [5, 5.41) is 6.58. The third kappa shape index (κ3) is 3.73. The lowest BCUT2D eigenvalue weighted by Crippen LogP contribution is -2.14. The summed E-state index contributed by atoms with van der Waals surface area (Å²) < 4.78 is 5.98. The number of hydrogen-bond donors (Lipinski definition) is 2. The fourth-order valence-electron chi connectivity index (χ4n) is 2.66. The number of carbonyl (C=O) groups is 1. The van der Waals surface area contributed by atoms with E-state index in [1.807, 2.05) is 30.3 Å². The van der Waals surface area contributed by atoms with Crippen LogP contribution in [0.3, 0.4) is 0 Å². The van der Waals surface area contributed by atoms with Crippen molar-refractivity contribution in [3.05, 3.63) is 78.9 Å². The van der Waals surface area contributed by atoms with E-state index < -0.39 is 0 Å². The van der Waals surface area contributed by atoms with Crippen LogP contribution in [0.2, 0.25) is 0 Å². The number of amides is 1. The maximum Gasteiger partial charge on any atom is 0.275 e. The minimum absolute atomic E-state index is 0.239. The predicted octanol–water partition coefficient (Wildman–Crippen LogP) is 4.11. The van der Waals surface area contributed by atoms with Crippen LogP contribution in [0.1, 0.15) is 10.5 Å². The lowest BCUT2D eigenvalue weighted by molar-refractivity contribution is 0.102. The molecular weight excluding hydrogens is 354 g/mol. The molecule has 0 aliphatic carbocycles. The Morgan fingerprint density at radius 1 is 0.929 bits per heavy atom. The summed E-state index contributed by atoms with van der Waals surface area (Å²) in [5.74, 6) is 1.65. The molecule has 138 valence electrons. The molecule has 0 aliphatic rings. The molecule has 0 saturated heterocycles. The van der Waals surface area contributed by atoms with Gasteiger partial charge in [0, 0.05) is 24.3 Å². The first-order valence-electron chi connectivity index (χ1n) is 8.66. The van der Waals surface area contributed by atoms with Gasteiger partial charge in [-0.2, -0.15) is 0 Å². The van der Waals surface area contributed by atoms with Gasteiger partial charge in [0.1, 0.15) is 23.0 Å². The minimum Gasteiger partial charge on any atom is -0.457 e. The van der Waals surface area contributed by atoms with E-state index in [0.29, 0.717) is 17.3 Å². The number of pyridine rings is 1. The number of aromatic nitrogens is 3. The Kier molecular flexibility index (Phi) is 4.79. The normalized spacial score (nSPS) is 10.5. The van der Waals surface area contributed by atoms with Gasteiger partial charge in [-0.15, -0.1) is 0 Å². The number of para-hydroxylation sites is 1. The summed E-state index contributed by atoms with van der Waals surface area (Å²) in [7, 11) is 1.74. The molecule has 28 heavy (non-hydrogen) atoms. The molecule has 0 spiro atoms. The Hall–Kier alpha value is -4.00. The van der Waals surface area contributed by atoms with Gasteiger partial charge < -0.3 is 15.4 Å². The van der Waals surface area contributed by atoms with Gasteiger partial charge in [-0.1, -0.05) is 12.1 Å². The SMILES string of the molecule is CNc1cnc(C(=O)Nc2ccc(Oc3ccnc4ccccc34)cc2)cn1. The highest BCUT2D eigenvalue weighted by Gasteiger charge is 2.09. The summed E-state index contributed by atoms with van der Waals surface area (Å²) in [6, 6.07) is 16.7. The molecule has 0 unspecified atom stereocenters. The van der Waals surface area contributed by atoms with Crippen LogP contribution in [0, 0.1) is 0 Å². The Bertz CT molecular complexity index is 1110. The number of nitrogens with zero attached hydrogens (tertiary/aromatic N) is 3. The summed E-state index contributed by atoms with van der Waals surface area (Å²) in [5.41, 5.74) is 1.74. The van der Waals surface area contributed by atoms with E-state index in [-0.39, 0.29) is 11.6 Å². The van der Waals surface area contributed by atoms with Crippen LogP contribution in [-0.4, -0.2) is 27.9 Å². The van der Waals surface area contributed by atoms with E-state index in [0.717, 1.165) is 16.7 Å². The number of anilines is 2. The highest BCUT2D eigenvalue weighted by molar-refractivity contribution is 6.02. The summed E-state index contributed by atoms with van der Waals surface area (Å²) >= 11 is 0. The minimum atomic E-state index is -0.330. The van der Waals surface area contributed by atoms with Crippen LogP contribution >= 0.6 is 0 Å². The lowest BCUT2D eigenvalue weighted by atomic mass is 10.2. The molecule has 0 atom stereocenters. The quantitative estimate of drug-likeness (QED) is 0.549. The molecule has 4 rings (SSSR count). The van der Waals surface area contributed by atoms with Crippen LogP contribution in [0.15, 0.2) is 73.2 Å². The zero-order valence-electron chi connectivity index (χ0n) is 15.1. The molecule has 0 bridgehead atoms. The summed E-state index contributed by atoms with van der Waals surface area (Å²) in [6.07, 6.45) is 4.64. The third-order valence-electron chi connectivity index (χ3n) is 4.09. The number of ether oxygens (including phenoxy) is 1. The van der Waals surface area contributed by atoms with E-state index >= 15 is 0 Å². The molecule has 0 saturated carbocycles. The highest BCUT2D eigenvalue weighted by Crippen LogP contribution is 2.29. The van der Waals surface area contributed by atoms with Crippen molar-refractivity contribution in [1.29, 1.82) is 0 Å². The molecule has 7 heteroatoms. The average Bonchev–Trinajstić information content (AvgIpc) is 2.75. The van der Waals surface area contributed by atoms with E-state index in [1.165, 1.54) is 12.4 Å². The zero-order chi connectivity index (χ0) is 19.3. The summed E-state index contributed by atoms with van der Waals surface area (Å²) in [4.78, 5) is 24.8. The van der Waals surface area contributed by atoms with Gasteiger partial charge in [0.25, 0.3) is 5.91 Å². The molecule has 0 radical (unpaired) electrons. The Labute approximate surface area is 161 Å². The molecule has 2 N–H and O–H groups in total. The predicted molar refractivity (Wildman–Crippen MR) is 108 cm³/mol. The maximum atomic E-state index is 12.3. The fourth-order valence-corrected chi connectivity index (χ4v) is 2.66. The molecule has 4 aromatic rings. The second-order valence-electron chi connectivity index (χ2n) is 5.94. The van der Waals surface area contributed by atoms with Crippen LogP contribution in [-0.2, 0) is 0 Å². The third-order valence-corrected chi connectivity index (χ3v) is 4.09. The van der Waals surface area contributed by atoms with Crippen LogP contribution in [0.5, 0.6) is 11.5 Å². The molecule has 7 nitrogen and oxygen atoms in total. The van der Waals surface area contributed by atoms with Crippen molar-refractivity contribution in [3.63, 3.8) is 0 Å².